The molecule has 0 fully saturated rings. The van der Waals surface area contributed by atoms with E-state index in [9.17, 15) is 0 Å². The molecular formula is C18H14Cl2N6S. The Morgan fingerprint density at radius 3 is 2.67 bits per heavy atom. The lowest BCUT2D eigenvalue weighted by Crippen LogP contribution is -2.00. The summed E-state index contributed by atoms with van der Waals surface area (Å²) in [7, 11) is 0. The molecular weight excluding hydrogens is 403 g/mol. The fourth-order valence-electron chi connectivity index (χ4n) is 2.49. The summed E-state index contributed by atoms with van der Waals surface area (Å²) < 4.78 is 1.90. The average Bonchev–Trinajstić information content (AvgIpc) is 3.14. The average molecular weight is 417 g/mol. The Morgan fingerprint density at radius 2 is 1.89 bits per heavy atom. The van der Waals surface area contributed by atoms with Gasteiger partial charge in [0.15, 0.2) is 10.8 Å². The van der Waals surface area contributed by atoms with Crippen LogP contribution in [0.3, 0.4) is 0 Å². The molecule has 1 aromatic carbocycles. The minimum atomic E-state index is 0.288. The van der Waals surface area contributed by atoms with E-state index in [4.69, 9.17) is 23.2 Å². The van der Waals surface area contributed by atoms with Gasteiger partial charge in [-0.05, 0) is 37.7 Å². The zero-order valence-electron chi connectivity index (χ0n) is 14.5. The van der Waals surface area contributed by atoms with E-state index in [0.29, 0.717) is 26.5 Å². The summed E-state index contributed by atoms with van der Waals surface area (Å²) in [5.41, 5.74) is 2.73. The molecule has 27 heavy (non-hydrogen) atoms. The maximum atomic E-state index is 6.65. The summed E-state index contributed by atoms with van der Waals surface area (Å²) in [6.07, 6.45) is 5.02. The number of hydrogen-bond donors (Lipinski definition) is 0. The lowest BCUT2D eigenvalue weighted by molar-refractivity contribution is 0.534. The lowest BCUT2D eigenvalue weighted by atomic mass is 10.1. The largest absolute Gasteiger partial charge is 0.270 e. The molecule has 0 amide bonds. The van der Waals surface area contributed by atoms with Crippen molar-refractivity contribution in [3.8, 4) is 11.3 Å². The normalized spacial score (nSPS) is 11.4. The van der Waals surface area contributed by atoms with E-state index in [1.165, 1.54) is 18.0 Å². The van der Waals surface area contributed by atoms with Gasteiger partial charge in [0.05, 0.1) is 23.1 Å². The third-order valence-corrected chi connectivity index (χ3v) is 5.47. The van der Waals surface area contributed by atoms with Crippen molar-refractivity contribution in [2.75, 3.05) is 0 Å². The minimum Gasteiger partial charge on any atom is -0.270 e. The maximum Gasteiger partial charge on any atom is 0.194 e. The number of aromatic nitrogens is 6. The van der Waals surface area contributed by atoms with Crippen LogP contribution in [0.4, 0.5) is 0 Å². The van der Waals surface area contributed by atoms with E-state index < -0.39 is 0 Å². The van der Waals surface area contributed by atoms with Gasteiger partial charge >= 0.3 is 0 Å². The number of benzene rings is 1. The molecule has 0 radical (unpaired) electrons. The molecule has 0 bridgehead atoms. The van der Waals surface area contributed by atoms with Crippen molar-refractivity contribution in [2.24, 2.45) is 0 Å². The highest BCUT2D eigenvalue weighted by atomic mass is 35.5. The smallest absolute Gasteiger partial charge is 0.194 e. The van der Waals surface area contributed by atoms with Crippen molar-refractivity contribution in [1.82, 2.24) is 29.7 Å². The van der Waals surface area contributed by atoms with Crippen LogP contribution >= 0.6 is 35.0 Å². The molecule has 0 saturated heterocycles. The Bertz CT molecular complexity index is 1130. The molecule has 0 aliphatic rings. The Labute approximate surface area is 170 Å². The van der Waals surface area contributed by atoms with Gasteiger partial charge in [-0.25, -0.2) is 19.9 Å². The highest BCUT2D eigenvalue weighted by Crippen LogP contribution is 2.37. The molecule has 4 aromatic rings. The van der Waals surface area contributed by atoms with E-state index in [-0.39, 0.29) is 6.04 Å². The molecule has 0 saturated carbocycles. The second kappa shape index (κ2) is 7.42. The number of nitrogens with zero attached hydrogens (tertiary/aromatic N) is 6. The van der Waals surface area contributed by atoms with Gasteiger partial charge in [-0.15, -0.1) is 0 Å². The van der Waals surface area contributed by atoms with E-state index >= 15 is 0 Å². The molecule has 0 unspecified atom stereocenters. The first-order valence-electron chi connectivity index (χ1n) is 8.18. The molecule has 0 spiro atoms. The molecule has 6 nitrogen and oxygen atoms in total. The summed E-state index contributed by atoms with van der Waals surface area (Å²) in [5, 5.41) is 6.05. The van der Waals surface area contributed by atoms with Crippen LogP contribution in [0.1, 0.15) is 19.9 Å². The topological polar surface area (TPSA) is 69.4 Å². The standard InChI is InChI=1S/C18H14Cl2N6S/c1-10(2)26-7-6-12(25-26)11-4-3-5-14(16(11)20)27-18-22-8-13-17(24-18)21-9-15(19)23-13/h3-10H,1-2H3. The second-order valence-corrected chi connectivity index (χ2v) is 7.82. The third kappa shape index (κ3) is 3.76. The first-order valence-corrected chi connectivity index (χ1v) is 9.75. The van der Waals surface area contributed by atoms with Gasteiger partial charge in [0.1, 0.15) is 10.7 Å². The monoisotopic (exact) mass is 416 g/mol. The summed E-state index contributed by atoms with van der Waals surface area (Å²) in [6, 6.07) is 8.07. The van der Waals surface area contributed by atoms with E-state index in [2.05, 4.69) is 38.9 Å². The van der Waals surface area contributed by atoms with Gasteiger partial charge in [0, 0.05) is 22.7 Å². The predicted octanol–water partition coefficient (Wildman–Crippen LogP) is 5.32. The predicted molar refractivity (Wildman–Crippen MR) is 107 cm³/mol. The first kappa shape index (κ1) is 18.2. The first-order chi connectivity index (χ1) is 13.0. The summed E-state index contributed by atoms with van der Waals surface area (Å²) >= 11 is 13.9. The van der Waals surface area contributed by atoms with Gasteiger partial charge < -0.3 is 0 Å². The van der Waals surface area contributed by atoms with Crippen molar-refractivity contribution in [1.29, 1.82) is 0 Å². The van der Waals surface area contributed by atoms with Gasteiger partial charge in [-0.1, -0.05) is 35.3 Å². The maximum absolute atomic E-state index is 6.65. The van der Waals surface area contributed by atoms with Crippen LogP contribution in [0.5, 0.6) is 0 Å². The molecule has 0 atom stereocenters. The number of fused-ring (bicyclic) bond motifs is 1. The van der Waals surface area contributed by atoms with Crippen molar-refractivity contribution in [3.63, 3.8) is 0 Å². The Morgan fingerprint density at radius 1 is 1.04 bits per heavy atom. The van der Waals surface area contributed by atoms with Gasteiger partial charge in [0.25, 0.3) is 0 Å². The van der Waals surface area contributed by atoms with Crippen molar-refractivity contribution in [2.45, 2.75) is 29.9 Å². The minimum absolute atomic E-state index is 0.288. The molecule has 0 aliphatic carbocycles. The molecule has 0 N–H and O–H groups in total. The van der Waals surface area contributed by atoms with Crippen LogP contribution in [0, 0.1) is 0 Å². The van der Waals surface area contributed by atoms with E-state index in [1.54, 1.807) is 6.20 Å². The SMILES string of the molecule is CC(C)n1ccc(-c2cccc(Sc3ncc4nc(Cl)cnc4n3)c2Cl)n1. The Hall–Kier alpha value is -2.22. The highest BCUT2D eigenvalue weighted by Gasteiger charge is 2.14. The van der Waals surface area contributed by atoms with Gasteiger partial charge in [0.2, 0.25) is 0 Å². The number of hydrogen-bond acceptors (Lipinski definition) is 6. The second-order valence-electron chi connectivity index (χ2n) is 6.05. The van der Waals surface area contributed by atoms with E-state index in [0.717, 1.165) is 16.2 Å². The lowest BCUT2D eigenvalue weighted by Gasteiger charge is -2.08. The molecule has 3 aromatic heterocycles. The molecule has 9 heteroatoms. The van der Waals surface area contributed by atoms with Crippen LogP contribution in [0.15, 0.2) is 52.9 Å². The zero-order chi connectivity index (χ0) is 19.0. The van der Waals surface area contributed by atoms with E-state index in [1.807, 2.05) is 35.1 Å². The molecule has 0 aliphatic heterocycles. The van der Waals surface area contributed by atoms with Crippen LogP contribution in [0.25, 0.3) is 22.4 Å². The van der Waals surface area contributed by atoms with Crippen LogP contribution in [-0.4, -0.2) is 29.7 Å². The molecule has 4 rings (SSSR count). The third-order valence-electron chi connectivity index (χ3n) is 3.83. The van der Waals surface area contributed by atoms with Crippen LogP contribution in [-0.2, 0) is 0 Å². The summed E-state index contributed by atoms with van der Waals surface area (Å²) in [4.78, 5) is 17.9. The zero-order valence-corrected chi connectivity index (χ0v) is 16.8. The molecule has 3 heterocycles. The van der Waals surface area contributed by atoms with Crippen molar-refractivity contribution >= 4 is 46.1 Å². The fourth-order valence-corrected chi connectivity index (χ4v) is 3.75. The number of rotatable bonds is 4. The van der Waals surface area contributed by atoms with Crippen molar-refractivity contribution in [3.05, 3.63) is 53.0 Å². The Kier molecular flexibility index (Phi) is 4.99. The van der Waals surface area contributed by atoms with Gasteiger partial charge in [-0.2, -0.15) is 5.10 Å². The van der Waals surface area contributed by atoms with Crippen LogP contribution < -0.4 is 0 Å². The quantitative estimate of drug-likeness (QED) is 0.419. The summed E-state index contributed by atoms with van der Waals surface area (Å²) in [5.74, 6) is 0. The molecule has 136 valence electrons. The highest BCUT2D eigenvalue weighted by molar-refractivity contribution is 7.99. The van der Waals surface area contributed by atoms with Crippen LogP contribution in [0.2, 0.25) is 10.2 Å². The Balaban J connectivity index is 1.67. The fraction of sp³-hybridized carbons (Fsp3) is 0.167. The summed E-state index contributed by atoms with van der Waals surface area (Å²) in [6.45, 7) is 4.16. The van der Waals surface area contributed by atoms with Gasteiger partial charge in [-0.3, -0.25) is 4.68 Å². The van der Waals surface area contributed by atoms with Crippen molar-refractivity contribution < 1.29 is 0 Å². The number of halogens is 2.